The van der Waals surface area contributed by atoms with E-state index < -0.39 is 17.4 Å². The molecule has 0 spiro atoms. The summed E-state index contributed by atoms with van der Waals surface area (Å²) in [7, 11) is 0. The molecule has 1 aliphatic rings. The molecule has 2 aromatic rings. The van der Waals surface area contributed by atoms with Crippen LogP contribution in [0.5, 0.6) is 0 Å². The molecule has 0 saturated carbocycles. The minimum Gasteiger partial charge on any atom is -0.386 e. The zero-order chi connectivity index (χ0) is 21.3. The Bertz CT molecular complexity index is 778. The van der Waals surface area contributed by atoms with Crippen LogP contribution in [0.2, 0.25) is 0 Å². The van der Waals surface area contributed by atoms with Gasteiger partial charge < -0.3 is 10.8 Å². The average Bonchev–Trinajstić information content (AvgIpc) is 3.14. The third kappa shape index (κ3) is 5.57. The highest BCUT2D eigenvalue weighted by Crippen LogP contribution is 2.54. The number of hydrogen-bond acceptors (Lipinski definition) is 5. The van der Waals surface area contributed by atoms with Crippen molar-refractivity contribution >= 4 is 17.7 Å². The molecular formula is C22H30FN3O2S. The molecule has 0 bridgehead atoms. The van der Waals surface area contributed by atoms with Crippen molar-refractivity contribution in [2.45, 2.75) is 43.4 Å². The molecular weight excluding hydrogens is 389 g/mol. The van der Waals surface area contributed by atoms with Gasteiger partial charge in [0.1, 0.15) is 17.3 Å². The van der Waals surface area contributed by atoms with Gasteiger partial charge in [-0.15, -0.1) is 11.8 Å². The maximum Gasteiger partial charge on any atom is 0.264 e. The number of aliphatic hydroxyl groups is 1. The van der Waals surface area contributed by atoms with E-state index in [4.69, 9.17) is 5.73 Å². The number of nitrogens with two attached hydrogens (primary N) is 1. The Morgan fingerprint density at radius 2 is 1.93 bits per heavy atom. The highest BCUT2D eigenvalue weighted by atomic mass is 32.2. The van der Waals surface area contributed by atoms with Crippen LogP contribution in [0.15, 0.2) is 54.6 Å². The smallest absolute Gasteiger partial charge is 0.264 e. The molecule has 0 aliphatic carbocycles. The van der Waals surface area contributed by atoms with Crippen LogP contribution in [0.4, 0.5) is 4.39 Å². The molecule has 0 aromatic heterocycles. The molecule has 1 fully saturated rings. The van der Waals surface area contributed by atoms with Crippen molar-refractivity contribution in [1.29, 1.82) is 0 Å². The van der Waals surface area contributed by atoms with Crippen molar-refractivity contribution in [2.75, 3.05) is 13.2 Å². The van der Waals surface area contributed by atoms with Crippen molar-refractivity contribution in [3.8, 4) is 0 Å². The molecule has 3 rings (SSSR count). The molecule has 5 nitrogen and oxygen atoms in total. The van der Waals surface area contributed by atoms with Crippen LogP contribution in [0.3, 0.4) is 0 Å². The minimum atomic E-state index is -0.725. The monoisotopic (exact) mass is 419 g/mol. The number of halogens is 1. The van der Waals surface area contributed by atoms with Crippen molar-refractivity contribution in [3.63, 3.8) is 0 Å². The number of rotatable bonds is 6. The molecule has 1 saturated heterocycles. The normalized spacial score (nSPS) is 20.9. The fourth-order valence-corrected chi connectivity index (χ4v) is 4.83. The zero-order valence-corrected chi connectivity index (χ0v) is 17.8. The molecule has 7 heteroatoms. The maximum atomic E-state index is 13.7. The van der Waals surface area contributed by atoms with E-state index in [-0.39, 0.29) is 11.2 Å². The van der Waals surface area contributed by atoms with E-state index in [2.05, 4.69) is 19.3 Å². The Balaban J connectivity index is 0.000000941. The van der Waals surface area contributed by atoms with Gasteiger partial charge in [0.2, 0.25) is 0 Å². The SMILES string of the molecule is CCC.NCCCC1(c2ccccc2)SC(c2cccc(F)c2)NN1C(=O)CO. The number of hydrogen-bond donors (Lipinski definition) is 3. The van der Waals surface area contributed by atoms with Gasteiger partial charge in [-0.3, -0.25) is 9.80 Å². The summed E-state index contributed by atoms with van der Waals surface area (Å²) >= 11 is 1.53. The second kappa shape index (κ2) is 11.3. The first-order valence-corrected chi connectivity index (χ1v) is 10.8. The van der Waals surface area contributed by atoms with Crippen LogP contribution in [-0.2, 0) is 9.67 Å². The topological polar surface area (TPSA) is 78.6 Å². The molecule has 2 unspecified atom stereocenters. The highest BCUT2D eigenvalue weighted by Gasteiger charge is 2.49. The molecule has 4 N–H and O–H groups in total. The number of benzene rings is 2. The van der Waals surface area contributed by atoms with Crippen LogP contribution in [0, 0.1) is 5.82 Å². The second-order valence-electron chi connectivity index (χ2n) is 6.82. The summed E-state index contributed by atoms with van der Waals surface area (Å²) in [5, 5.41) is 10.6. The number of hydrazine groups is 1. The van der Waals surface area contributed by atoms with Gasteiger partial charge in [0.05, 0.1) is 5.37 Å². The fourth-order valence-electron chi connectivity index (χ4n) is 3.20. The van der Waals surface area contributed by atoms with Gasteiger partial charge in [0.15, 0.2) is 0 Å². The molecule has 2 atom stereocenters. The van der Waals surface area contributed by atoms with Crippen molar-refractivity contribution in [2.24, 2.45) is 5.73 Å². The standard InChI is InChI=1S/C19H22FN3O2S.C3H8/c20-16-9-4-6-14(12-16)18-22-23(17(25)13-24)19(26-18,10-5-11-21)15-7-2-1-3-8-15;1-3-2/h1-4,6-9,12,18,22,24H,5,10-11,13,21H2;3H2,1-2H3. The van der Waals surface area contributed by atoms with E-state index in [0.717, 1.165) is 11.1 Å². The van der Waals surface area contributed by atoms with Crippen LogP contribution in [0.25, 0.3) is 0 Å². The Hall–Kier alpha value is -1.93. The first kappa shape index (κ1) is 23.3. The Morgan fingerprint density at radius 3 is 2.52 bits per heavy atom. The number of carbonyl (C=O) groups is 1. The fraction of sp³-hybridized carbons (Fsp3) is 0.409. The quantitative estimate of drug-likeness (QED) is 0.662. The number of nitrogens with zero attached hydrogens (tertiary/aromatic N) is 1. The summed E-state index contributed by atoms with van der Waals surface area (Å²) in [5.41, 5.74) is 10.6. The molecule has 1 heterocycles. The van der Waals surface area contributed by atoms with Gasteiger partial charge in [0.25, 0.3) is 5.91 Å². The molecule has 2 aromatic carbocycles. The van der Waals surface area contributed by atoms with Gasteiger partial charge in [-0.2, -0.15) is 0 Å². The first-order chi connectivity index (χ1) is 14.0. The predicted octanol–water partition coefficient (Wildman–Crippen LogP) is 3.90. The van der Waals surface area contributed by atoms with Crippen molar-refractivity contribution < 1.29 is 14.3 Å². The number of amides is 1. The first-order valence-electron chi connectivity index (χ1n) is 9.91. The third-order valence-electron chi connectivity index (χ3n) is 4.40. The summed E-state index contributed by atoms with van der Waals surface area (Å²) in [6, 6.07) is 16.0. The molecule has 29 heavy (non-hydrogen) atoms. The molecule has 0 radical (unpaired) electrons. The summed E-state index contributed by atoms with van der Waals surface area (Å²) < 4.78 is 13.7. The number of aliphatic hydroxyl groups excluding tert-OH is 1. The van der Waals surface area contributed by atoms with E-state index >= 15 is 0 Å². The molecule has 1 aliphatic heterocycles. The predicted molar refractivity (Wildman–Crippen MR) is 116 cm³/mol. The van der Waals surface area contributed by atoms with Gasteiger partial charge in [-0.05, 0) is 42.6 Å². The lowest BCUT2D eigenvalue weighted by Crippen LogP contribution is -2.50. The van der Waals surface area contributed by atoms with Crippen molar-refractivity contribution in [3.05, 3.63) is 71.5 Å². The Kier molecular flexibility index (Phi) is 9.10. The summed E-state index contributed by atoms with van der Waals surface area (Å²) in [5.74, 6) is -0.763. The Morgan fingerprint density at radius 1 is 1.24 bits per heavy atom. The van der Waals surface area contributed by atoms with Gasteiger partial charge in [-0.1, -0.05) is 62.7 Å². The lowest BCUT2D eigenvalue weighted by molar-refractivity contribution is -0.141. The van der Waals surface area contributed by atoms with E-state index in [0.29, 0.717) is 19.4 Å². The second-order valence-corrected chi connectivity index (χ2v) is 8.20. The summed E-state index contributed by atoms with van der Waals surface area (Å²) in [4.78, 5) is 11.8. The third-order valence-corrected chi connectivity index (χ3v) is 6.03. The minimum absolute atomic E-state index is 0.320. The lowest BCUT2D eigenvalue weighted by atomic mass is 10.00. The molecule has 1 amide bonds. The number of nitrogens with one attached hydrogen (secondary N) is 1. The summed E-state index contributed by atoms with van der Waals surface area (Å²) in [6.45, 7) is 4.13. The number of thioether (sulfide) groups is 1. The molecule has 158 valence electrons. The summed E-state index contributed by atoms with van der Waals surface area (Å²) in [6.07, 6.45) is 2.57. The van der Waals surface area contributed by atoms with Crippen molar-refractivity contribution in [1.82, 2.24) is 10.4 Å². The van der Waals surface area contributed by atoms with E-state index in [1.165, 1.54) is 35.3 Å². The largest absolute Gasteiger partial charge is 0.386 e. The number of carbonyl (C=O) groups excluding carboxylic acids is 1. The van der Waals surface area contributed by atoms with Crippen LogP contribution in [0.1, 0.15) is 49.6 Å². The highest BCUT2D eigenvalue weighted by molar-refractivity contribution is 8.00. The van der Waals surface area contributed by atoms with Crippen LogP contribution < -0.4 is 11.2 Å². The van der Waals surface area contributed by atoms with E-state index in [1.807, 2.05) is 36.4 Å². The zero-order valence-electron chi connectivity index (χ0n) is 17.0. The van der Waals surface area contributed by atoms with Gasteiger partial charge in [-0.25, -0.2) is 9.82 Å². The van der Waals surface area contributed by atoms with Crippen LogP contribution in [-0.4, -0.2) is 29.2 Å². The Labute approximate surface area is 176 Å². The lowest BCUT2D eigenvalue weighted by Gasteiger charge is -2.36. The van der Waals surface area contributed by atoms with E-state index in [1.54, 1.807) is 6.07 Å². The van der Waals surface area contributed by atoms with Gasteiger partial charge >= 0.3 is 0 Å². The van der Waals surface area contributed by atoms with E-state index in [9.17, 15) is 14.3 Å². The maximum absolute atomic E-state index is 13.7. The average molecular weight is 420 g/mol. The van der Waals surface area contributed by atoms with Gasteiger partial charge in [0, 0.05) is 0 Å². The van der Waals surface area contributed by atoms with Crippen LogP contribution >= 0.6 is 11.8 Å².